The molecule has 0 aliphatic carbocycles. The second-order valence-electron chi connectivity index (χ2n) is 3.98. The zero-order chi connectivity index (χ0) is 10.8. The third kappa shape index (κ3) is 2.29. The first-order chi connectivity index (χ1) is 6.47. The van der Waals surface area contributed by atoms with Crippen molar-refractivity contribution in [2.75, 3.05) is 6.61 Å². The van der Waals surface area contributed by atoms with Crippen LogP contribution in [-0.2, 0) is 5.41 Å². The van der Waals surface area contributed by atoms with Crippen molar-refractivity contribution in [1.29, 1.82) is 0 Å². The molecule has 0 aliphatic heterocycles. The van der Waals surface area contributed by atoms with Crippen molar-refractivity contribution in [2.24, 2.45) is 0 Å². The molecule has 0 bridgehead atoms. The monoisotopic (exact) mass is 200 g/mol. The molecule has 1 nitrogen and oxygen atoms in total. The molecular weight excluding hydrogens is 186 g/mol. The van der Waals surface area contributed by atoms with Gasteiger partial charge >= 0.3 is 0 Å². The number of hydrogen-bond acceptors (Lipinski definition) is 1. The molecule has 1 N–H and O–H groups in total. The van der Waals surface area contributed by atoms with E-state index >= 15 is 0 Å². The largest absolute Gasteiger partial charge is 0.396 e. The van der Waals surface area contributed by atoms with Crippen LogP contribution in [0.3, 0.4) is 0 Å². The van der Waals surface area contributed by atoms with Crippen molar-refractivity contribution in [3.63, 3.8) is 0 Å². The highest BCUT2D eigenvalue weighted by Gasteiger charge is 2.23. The molecular formula is C11H14F2O. The summed E-state index contributed by atoms with van der Waals surface area (Å²) in [6.07, 6.45) is 0.410. The molecule has 3 heteroatoms. The Labute approximate surface area is 82.4 Å². The molecule has 0 amide bonds. The first kappa shape index (κ1) is 11.1. The molecule has 0 aliphatic rings. The Morgan fingerprint density at radius 3 is 2.50 bits per heavy atom. The Morgan fingerprint density at radius 2 is 1.93 bits per heavy atom. The van der Waals surface area contributed by atoms with Crippen LogP contribution in [0.2, 0.25) is 0 Å². The summed E-state index contributed by atoms with van der Waals surface area (Å²) in [5.41, 5.74) is -0.229. The second kappa shape index (κ2) is 4.05. The lowest BCUT2D eigenvalue weighted by molar-refractivity contribution is 0.249. The third-order valence-corrected chi connectivity index (χ3v) is 2.39. The lowest BCUT2D eigenvalue weighted by atomic mass is 9.81. The molecule has 0 saturated carbocycles. The molecule has 0 spiro atoms. The smallest absolute Gasteiger partial charge is 0.127 e. The summed E-state index contributed by atoms with van der Waals surface area (Å²) in [6, 6.07) is 3.39. The molecule has 0 fully saturated rings. The van der Waals surface area contributed by atoms with Gasteiger partial charge in [0.2, 0.25) is 0 Å². The van der Waals surface area contributed by atoms with E-state index in [4.69, 9.17) is 5.11 Å². The lowest BCUT2D eigenvalue weighted by Gasteiger charge is -2.24. The fourth-order valence-electron chi connectivity index (χ4n) is 1.43. The molecule has 0 saturated heterocycles. The minimum Gasteiger partial charge on any atom is -0.396 e. The van der Waals surface area contributed by atoms with Gasteiger partial charge in [0.1, 0.15) is 11.6 Å². The Kier molecular flexibility index (Phi) is 3.21. The van der Waals surface area contributed by atoms with Crippen molar-refractivity contribution in [3.05, 3.63) is 35.4 Å². The Hall–Kier alpha value is -0.960. The number of aliphatic hydroxyl groups excluding tert-OH is 1. The predicted octanol–water partition coefficient (Wildman–Crippen LogP) is 2.62. The van der Waals surface area contributed by atoms with Crippen molar-refractivity contribution >= 4 is 0 Å². The van der Waals surface area contributed by atoms with Gasteiger partial charge in [-0.3, -0.25) is 0 Å². The van der Waals surface area contributed by atoms with Gasteiger partial charge in [-0.2, -0.15) is 0 Å². The average molecular weight is 200 g/mol. The van der Waals surface area contributed by atoms with Crippen LogP contribution >= 0.6 is 0 Å². The molecule has 0 aromatic heterocycles. The van der Waals surface area contributed by atoms with Crippen LogP contribution in [0.1, 0.15) is 25.8 Å². The Morgan fingerprint density at radius 1 is 1.29 bits per heavy atom. The highest BCUT2D eigenvalue weighted by atomic mass is 19.1. The van der Waals surface area contributed by atoms with Gasteiger partial charge in [-0.15, -0.1) is 0 Å². The SMILES string of the molecule is CC(C)(CCO)c1cc(F)ccc1F. The lowest BCUT2D eigenvalue weighted by Crippen LogP contribution is -2.20. The van der Waals surface area contributed by atoms with Gasteiger partial charge in [0.05, 0.1) is 0 Å². The van der Waals surface area contributed by atoms with Crippen LogP contribution in [0.15, 0.2) is 18.2 Å². The quantitative estimate of drug-likeness (QED) is 0.795. The topological polar surface area (TPSA) is 20.2 Å². The van der Waals surface area contributed by atoms with Crippen LogP contribution in [-0.4, -0.2) is 11.7 Å². The van der Waals surface area contributed by atoms with Crippen LogP contribution in [0.4, 0.5) is 8.78 Å². The van der Waals surface area contributed by atoms with Gasteiger partial charge < -0.3 is 5.11 Å². The first-order valence-electron chi connectivity index (χ1n) is 4.54. The van der Waals surface area contributed by atoms with Gasteiger partial charge in [-0.25, -0.2) is 8.78 Å². The number of benzene rings is 1. The minimum absolute atomic E-state index is 0.0387. The van der Waals surface area contributed by atoms with E-state index in [1.807, 2.05) is 0 Å². The van der Waals surface area contributed by atoms with Gasteiger partial charge in [0.15, 0.2) is 0 Å². The summed E-state index contributed by atoms with van der Waals surface area (Å²) >= 11 is 0. The van der Waals surface area contributed by atoms with Gasteiger partial charge in [-0.1, -0.05) is 13.8 Å². The maximum atomic E-state index is 13.3. The van der Waals surface area contributed by atoms with E-state index in [0.717, 1.165) is 12.1 Å². The van der Waals surface area contributed by atoms with Crippen LogP contribution in [0, 0.1) is 11.6 Å². The summed E-state index contributed by atoms with van der Waals surface area (Å²) in [5.74, 6) is -0.878. The van der Waals surface area contributed by atoms with Crippen LogP contribution in [0.25, 0.3) is 0 Å². The molecule has 0 heterocycles. The fourth-order valence-corrected chi connectivity index (χ4v) is 1.43. The van der Waals surface area contributed by atoms with E-state index in [0.29, 0.717) is 12.0 Å². The van der Waals surface area contributed by atoms with Crippen molar-refractivity contribution in [3.8, 4) is 0 Å². The third-order valence-electron chi connectivity index (χ3n) is 2.39. The predicted molar refractivity (Wildman–Crippen MR) is 51.1 cm³/mol. The molecule has 1 rings (SSSR count). The molecule has 0 unspecified atom stereocenters. The maximum Gasteiger partial charge on any atom is 0.127 e. The van der Waals surface area contributed by atoms with Crippen molar-refractivity contribution < 1.29 is 13.9 Å². The Bertz CT molecular complexity index is 321. The van der Waals surface area contributed by atoms with E-state index in [1.165, 1.54) is 6.07 Å². The summed E-state index contributed by atoms with van der Waals surface area (Å²) in [5, 5.41) is 8.81. The van der Waals surface area contributed by atoms with E-state index in [-0.39, 0.29) is 6.61 Å². The summed E-state index contributed by atoms with van der Waals surface area (Å²) in [4.78, 5) is 0. The first-order valence-corrected chi connectivity index (χ1v) is 4.54. The maximum absolute atomic E-state index is 13.3. The van der Waals surface area contributed by atoms with Crippen LogP contribution < -0.4 is 0 Å². The molecule has 0 atom stereocenters. The summed E-state index contributed by atoms with van der Waals surface area (Å²) in [6.45, 7) is 3.52. The average Bonchev–Trinajstić information content (AvgIpc) is 2.09. The minimum atomic E-state index is -0.541. The van der Waals surface area contributed by atoms with E-state index < -0.39 is 17.0 Å². The number of rotatable bonds is 3. The molecule has 78 valence electrons. The fraction of sp³-hybridized carbons (Fsp3) is 0.455. The van der Waals surface area contributed by atoms with Crippen molar-refractivity contribution in [1.82, 2.24) is 0 Å². The summed E-state index contributed by atoms with van der Waals surface area (Å²) in [7, 11) is 0. The normalized spacial score (nSPS) is 11.8. The van der Waals surface area contributed by atoms with E-state index in [9.17, 15) is 8.78 Å². The molecule has 0 radical (unpaired) electrons. The van der Waals surface area contributed by atoms with Crippen molar-refractivity contribution in [2.45, 2.75) is 25.7 Å². The Balaban J connectivity index is 3.10. The van der Waals surface area contributed by atoms with Gasteiger partial charge in [0, 0.05) is 6.61 Å². The summed E-state index contributed by atoms with van der Waals surface area (Å²) < 4.78 is 26.2. The molecule has 14 heavy (non-hydrogen) atoms. The van der Waals surface area contributed by atoms with Gasteiger partial charge in [0.25, 0.3) is 0 Å². The highest BCUT2D eigenvalue weighted by Crippen LogP contribution is 2.29. The number of halogens is 2. The van der Waals surface area contributed by atoms with Gasteiger partial charge in [-0.05, 0) is 35.6 Å². The number of hydrogen-bond donors (Lipinski definition) is 1. The zero-order valence-corrected chi connectivity index (χ0v) is 8.35. The van der Waals surface area contributed by atoms with E-state index in [2.05, 4.69) is 0 Å². The molecule has 1 aromatic rings. The number of aliphatic hydroxyl groups is 1. The second-order valence-corrected chi connectivity index (χ2v) is 3.98. The van der Waals surface area contributed by atoms with E-state index in [1.54, 1.807) is 13.8 Å². The highest BCUT2D eigenvalue weighted by molar-refractivity contribution is 5.26. The molecule has 1 aromatic carbocycles. The zero-order valence-electron chi connectivity index (χ0n) is 8.35. The standard InChI is InChI=1S/C11H14F2O/c1-11(2,5-6-14)9-7-8(12)3-4-10(9)13/h3-4,7,14H,5-6H2,1-2H3. The van der Waals surface area contributed by atoms with Crippen LogP contribution in [0.5, 0.6) is 0 Å².